The zero-order chi connectivity index (χ0) is 14.4. The molecule has 0 radical (unpaired) electrons. The van der Waals surface area contributed by atoms with Gasteiger partial charge in [0.1, 0.15) is 0 Å². The van der Waals surface area contributed by atoms with Crippen molar-refractivity contribution in [2.75, 3.05) is 6.61 Å². The molecule has 1 aromatic carbocycles. The number of ether oxygens (including phenoxy) is 1. The highest BCUT2D eigenvalue weighted by Crippen LogP contribution is 2.22. The van der Waals surface area contributed by atoms with Gasteiger partial charge in [-0.2, -0.15) is 0 Å². The van der Waals surface area contributed by atoms with Gasteiger partial charge < -0.3 is 10.1 Å². The molecule has 1 amide bonds. The van der Waals surface area contributed by atoms with Crippen LogP contribution in [0, 0.1) is 5.82 Å². The summed E-state index contributed by atoms with van der Waals surface area (Å²) in [7, 11) is 0. The monoisotopic (exact) mass is 343 g/mol. The van der Waals surface area contributed by atoms with Gasteiger partial charge in [0.15, 0.2) is 18.2 Å². The van der Waals surface area contributed by atoms with Crippen molar-refractivity contribution in [1.29, 1.82) is 0 Å². The highest BCUT2D eigenvalue weighted by atomic mass is 79.9. The van der Waals surface area contributed by atoms with E-state index in [4.69, 9.17) is 4.74 Å². The standard InChI is InChI=1S/C15H19BrFNO2/c16-11-7-8-13(17)14(9-11)20-10-15(19)18-12-5-3-1-2-4-6-12/h7-9,12H,1-6,10H2,(H,18,19). The number of carbonyl (C=O) groups is 1. The first-order valence-electron chi connectivity index (χ1n) is 7.02. The minimum absolute atomic E-state index is 0.0930. The van der Waals surface area contributed by atoms with Gasteiger partial charge in [-0.1, -0.05) is 41.6 Å². The summed E-state index contributed by atoms with van der Waals surface area (Å²) < 4.78 is 19.4. The van der Waals surface area contributed by atoms with Crippen LogP contribution in [0.5, 0.6) is 5.75 Å². The minimum Gasteiger partial charge on any atom is -0.481 e. The van der Waals surface area contributed by atoms with Gasteiger partial charge in [0.2, 0.25) is 0 Å². The molecule has 3 nitrogen and oxygen atoms in total. The van der Waals surface area contributed by atoms with Crippen LogP contribution in [-0.2, 0) is 4.79 Å². The predicted molar refractivity (Wildman–Crippen MR) is 79.2 cm³/mol. The Kier molecular flexibility index (Phi) is 5.83. The highest BCUT2D eigenvalue weighted by molar-refractivity contribution is 9.10. The quantitative estimate of drug-likeness (QED) is 0.844. The second-order valence-corrected chi connectivity index (χ2v) is 6.04. The molecule has 0 heterocycles. The highest BCUT2D eigenvalue weighted by Gasteiger charge is 2.15. The summed E-state index contributed by atoms with van der Waals surface area (Å²) in [5, 5.41) is 2.97. The Labute approximate surface area is 127 Å². The van der Waals surface area contributed by atoms with Gasteiger partial charge in [0.05, 0.1) is 0 Å². The summed E-state index contributed by atoms with van der Waals surface area (Å²) in [5.74, 6) is -0.554. The summed E-state index contributed by atoms with van der Waals surface area (Å²) in [4.78, 5) is 11.8. The predicted octanol–water partition coefficient (Wildman–Crippen LogP) is 3.81. The van der Waals surface area contributed by atoms with Gasteiger partial charge in [-0.25, -0.2) is 4.39 Å². The van der Waals surface area contributed by atoms with E-state index in [2.05, 4.69) is 21.2 Å². The Morgan fingerprint density at radius 1 is 1.30 bits per heavy atom. The zero-order valence-electron chi connectivity index (χ0n) is 11.3. The van der Waals surface area contributed by atoms with Crippen molar-refractivity contribution < 1.29 is 13.9 Å². The average molecular weight is 344 g/mol. The number of hydrogen-bond donors (Lipinski definition) is 1. The fraction of sp³-hybridized carbons (Fsp3) is 0.533. The largest absolute Gasteiger partial charge is 0.481 e. The molecule has 20 heavy (non-hydrogen) atoms. The van der Waals surface area contributed by atoms with Crippen molar-refractivity contribution in [1.82, 2.24) is 5.32 Å². The average Bonchev–Trinajstić information content (AvgIpc) is 2.68. The summed E-state index contributed by atoms with van der Waals surface area (Å²) in [6.45, 7) is -0.149. The molecular formula is C15H19BrFNO2. The molecule has 1 N–H and O–H groups in total. The molecule has 110 valence electrons. The molecule has 5 heteroatoms. The van der Waals surface area contributed by atoms with Gasteiger partial charge in [-0.15, -0.1) is 0 Å². The number of halogens is 2. The Balaban J connectivity index is 1.81. The number of hydrogen-bond acceptors (Lipinski definition) is 2. The van der Waals surface area contributed by atoms with Gasteiger partial charge in [-0.3, -0.25) is 4.79 Å². The van der Waals surface area contributed by atoms with Crippen LogP contribution in [-0.4, -0.2) is 18.6 Å². The normalized spacial score (nSPS) is 16.5. The van der Waals surface area contributed by atoms with Crippen molar-refractivity contribution in [2.24, 2.45) is 0 Å². The summed E-state index contributed by atoms with van der Waals surface area (Å²) in [5.41, 5.74) is 0. The lowest BCUT2D eigenvalue weighted by molar-refractivity contribution is -0.123. The molecule has 0 saturated heterocycles. The molecule has 1 aliphatic rings. The number of carbonyl (C=O) groups excluding carboxylic acids is 1. The maximum atomic E-state index is 13.5. The van der Waals surface area contributed by atoms with Gasteiger partial charge >= 0.3 is 0 Å². The second kappa shape index (κ2) is 7.62. The molecule has 0 atom stereocenters. The number of nitrogens with one attached hydrogen (secondary N) is 1. The Morgan fingerprint density at radius 2 is 2.00 bits per heavy atom. The van der Waals surface area contributed by atoms with Crippen molar-refractivity contribution in [3.05, 3.63) is 28.5 Å². The van der Waals surface area contributed by atoms with E-state index < -0.39 is 5.82 Å². The van der Waals surface area contributed by atoms with E-state index in [1.165, 1.54) is 25.0 Å². The van der Waals surface area contributed by atoms with E-state index in [0.29, 0.717) is 0 Å². The molecule has 2 rings (SSSR count). The van der Waals surface area contributed by atoms with Crippen LogP contribution < -0.4 is 10.1 Å². The van der Waals surface area contributed by atoms with Gasteiger partial charge in [0, 0.05) is 10.5 Å². The van der Waals surface area contributed by atoms with Crippen LogP contribution in [0.15, 0.2) is 22.7 Å². The lowest BCUT2D eigenvalue weighted by atomic mass is 10.1. The lowest BCUT2D eigenvalue weighted by Crippen LogP contribution is -2.37. The Morgan fingerprint density at radius 3 is 2.70 bits per heavy atom. The third-order valence-corrected chi connectivity index (χ3v) is 3.97. The van der Waals surface area contributed by atoms with E-state index in [9.17, 15) is 9.18 Å². The van der Waals surface area contributed by atoms with Crippen LogP contribution in [0.25, 0.3) is 0 Å². The van der Waals surface area contributed by atoms with Crippen molar-refractivity contribution in [3.8, 4) is 5.75 Å². The molecule has 1 aliphatic carbocycles. The van der Waals surface area contributed by atoms with Crippen molar-refractivity contribution >= 4 is 21.8 Å². The molecule has 1 aromatic rings. The van der Waals surface area contributed by atoms with E-state index in [1.807, 2.05) is 0 Å². The van der Waals surface area contributed by atoms with E-state index in [0.717, 1.165) is 30.2 Å². The first kappa shape index (κ1) is 15.3. The molecule has 1 fully saturated rings. The van der Waals surface area contributed by atoms with Gasteiger partial charge in [0.25, 0.3) is 5.91 Å². The Bertz CT molecular complexity index is 459. The molecule has 0 bridgehead atoms. The van der Waals surface area contributed by atoms with Crippen molar-refractivity contribution in [2.45, 2.75) is 44.6 Å². The van der Waals surface area contributed by atoms with Crippen LogP contribution in [0.4, 0.5) is 4.39 Å². The number of benzene rings is 1. The van der Waals surface area contributed by atoms with E-state index >= 15 is 0 Å². The fourth-order valence-corrected chi connectivity index (χ4v) is 2.76. The third-order valence-electron chi connectivity index (χ3n) is 3.47. The zero-order valence-corrected chi connectivity index (χ0v) is 12.9. The maximum Gasteiger partial charge on any atom is 0.258 e. The number of amides is 1. The van der Waals surface area contributed by atoms with Gasteiger partial charge in [-0.05, 0) is 31.0 Å². The molecule has 0 unspecified atom stereocenters. The second-order valence-electron chi connectivity index (χ2n) is 5.12. The van der Waals surface area contributed by atoms with Crippen LogP contribution in [0.3, 0.4) is 0 Å². The summed E-state index contributed by atoms with van der Waals surface area (Å²) >= 11 is 3.24. The smallest absolute Gasteiger partial charge is 0.258 e. The molecule has 1 saturated carbocycles. The van der Waals surface area contributed by atoms with Crippen LogP contribution in [0.1, 0.15) is 38.5 Å². The topological polar surface area (TPSA) is 38.3 Å². The molecular weight excluding hydrogens is 325 g/mol. The van der Waals surface area contributed by atoms with Crippen molar-refractivity contribution in [3.63, 3.8) is 0 Å². The molecule has 0 aromatic heterocycles. The van der Waals surface area contributed by atoms with E-state index in [-0.39, 0.29) is 24.3 Å². The maximum absolute atomic E-state index is 13.5. The minimum atomic E-state index is -0.463. The molecule has 0 spiro atoms. The Hall–Kier alpha value is -1.10. The first-order chi connectivity index (χ1) is 9.65. The first-order valence-corrected chi connectivity index (χ1v) is 7.81. The summed E-state index contributed by atoms with van der Waals surface area (Å²) in [6, 6.07) is 4.66. The number of rotatable bonds is 4. The lowest BCUT2D eigenvalue weighted by Gasteiger charge is -2.16. The fourth-order valence-electron chi connectivity index (χ4n) is 2.42. The third kappa shape index (κ3) is 4.78. The SMILES string of the molecule is O=C(COc1cc(Br)ccc1F)NC1CCCCCC1. The van der Waals surface area contributed by atoms with Crippen LogP contribution in [0.2, 0.25) is 0 Å². The summed E-state index contributed by atoms with van der Waals surface area (Å²) in [6.07, 6.45) is 6.85. The van der Waals surface area contributed by atoms with E-state index in [1.54, 1.807) is 6.07 Å². The van der Waals surface area contributed by atoms with Crippen LogP contribution >= 0.6 is 15.9 Å². The molecule has 0 aliphatic heterocycles.